The molecule has 186 valence electrons. The van der Waals surface area contributed by atoms with Crippen molar-refractivity contribution in [2.75, 3.05) is 20.3 Å². The van der Waals surface area contributed by atoms with Crippen LogP contribution in [0, 0.1) is 23.7 Å². The first-order valence-electron chi connectivity index (χ1n) is 11.9. The molecule has 2 bridgehead atoms. The minimum absolute atomic E-state index is 0.233. The predicted octanol–water partition coefficient (Wildman–Crippen LogP) is 2.67. The van der Waals surface area contributed by atoms with Gasteiger partial charge in [0.2, 0.25) is 11.8 Å². The van der Waals surface area contributed by atoms with E-state index in [2.05, 4.69) is 0 Å². The normalized spacial score (nSPS) is 24.0. The molecular formula is C27H25NO8. The summed E-state index contributed by atoms with van der Waals surface area (Å²) in [5.74, 6) is -1.82. The number of methoxy groups -OCH3 is 1. The van der Waals surface area contributed by atoms with E-state index in [0.29, 0.717) is 11.3 Å². The van der Waals surface area contributed by atoms with Gasteiger partial charge in [-0.15, -0.1) is 0 Å². The molecule has 0 radical (unpaired) electrons. The van der Waals surface area contributed by atoms with Gasteiger partial charge in [0.15, 0.2) is 12.4 Å². The molecule has 0 spiro atoms. The van der Waals surface area contributed by atoms with Gasteiger partial charge in [0.05, 0.1) is 24.5 Å². The number of ether oxygens (including phenoxy) is 3. The fourth-order valence-electron chi connectivity index (χ4n) is 5.66. The molecule has 0 unspecified atom stereocenters. The molecule has 2 aromatic carbocycles. The summed E-state index contributed by atoms with van der Waals surface area (Å²) in [7, 11) is 1.50. The van der Waals surface area contributed by atoms with Crippen molar-refractivity contribution in [1.29, 1.82) is 0 Å². The molecule has 9 nitrogen and oxygen atoms in total. The zero-order chi connectivity index (χ0) is 25.4. The number of carbonyl (C=O) groups excluding carboxylic acids is 5. The SMILES string of the molecule is COc1cccc(C(=O)Oc2ccc(C(=O)COC(=O)CN3C(=O)[C@H]4[C@H]5CC[C@@H](C5)[C@@H]4C3=O)cc2)c1. The Morgan fingerprint density at radius 1 is 0.889 bits per heavy atom. The van der Waals surface area contributed by atoms with E-state index >= 15 is 0 Å². The molecule has 1 heterocycles. The third-order valence-corrected chi connectivity index (χ3v) is 7.36. The second-order valence-corrected chi connectivity index (χ2v) is 9.38. The lowest BCUT2D eigenvalue weighted by Gasteiger charge is -2.19. The van der Waals surface area contributed by atoms with Crippen LogP contribution in [0.4, 0.5) is 0 Å². The zero-order valence-corrected chi connectivity index (χ0v) is 19.7. The van der Waals surface area contributed by atoms with Gasteiger partial charge in [-0.3, -0.25) is 24.1 Å². The Hall–Kier alpha value is -4.01. The third-order valence-electron chi connectivity index (χ3n) is 7.36. The number of carbonyl (C=O) groups is 5. The molecule has 3 fully saturated rings. The Bertz CT molecular complexity index is 1210. The second-order valence-electron chi connectivity index (χ2n) is 9.38. The first kappa shape index (κ1) is 23.7. The Morgan fingerprint density at radius 3 is 2.19 bits per heavy atom. The van der Waals surface area contributed by atoms with Crippen molar-refractivity contribution in [2.45, 2.75) is 19.3 Å². The monoisotopic (exact) mass is 491 g/mol. The largest absolute Gasteiger partial charge is 0.497 e. The molecule has 2 saturated carbocycles. The molecule has 36 heavy (non-hydrogen) atoms. The number of amides is 2. The van der Waals surface area contributed by atoms with Crippen molar-refractivity contribution in [3.05, 3.63) is 59.7 Å². The number of imide groups is 1. The van der Waals surface area contributed by atoms with E-state index < -0.39 is 30.9 Å². The number of fused-ring (bicyclic) bond motifs is 5. The molecule has 4 atom stereocenters. The van der Waals surface area contributed by atoms with Gasteiger partial charge in [-0.2, -0.15) is 0 Å². The zero-order valence-electron chi connectivity index (χ0n) is 19.7. The number of likely N-dealkylation sites (tertiary alicyclic amines) is 1. The molecular weight excluding hydrogens is 466 g/mol. The lowest BCUT2D eigenvalue weighted by Crippen LogP contribution is -2.38. The lowest BCUT2D eigenvalue weighted by atomic mass is 9.81. The highest BCUT2D eigenvalue weighted by Crippen LogP contribution is 2.56. The highest BCUT2D eigenvalue weighted by atomic mass is 16.5. The molecule has 3 aliphatic rings. The summed E-state index contributed by atoms with van der Waals surface area (Å²) in [6.45, 7) is -1.01. The molecule has 2 amide bonds. The van der Waals surface area contributed by atoms with Gasteiger partial charge in [-0.05, 0) is 73.6 Å². The standard InChI is InChI=1S/C27H25NO8/c1-34-20-4-2-3-18(12-20)27(33)36-19-9-7-15(8-10-19)21(29)14-35-22(30)13-28-25(31)23-16-5-6-17(11-16)24(23)26(28)32/h2-4,7-10,12,16-17,23-24H,5-6,11,13-14H2,1H3/t16-,17-,23-,24-/m0/s1. The van der Waals surface area contributed by atoms with Crippen LogP contribution in [0.5, 0.6) is 11.5 Å². The molecule has 5 rings (SSSR count). The highest BCUT2D eigenvalue weighted by Gasteiger charge is 2.61. The fourth-order valence-corrected chi connectivity index (χ4v) is 5.66. The first-order chi connectivity index (χ1) is 17.4. The van der Waals surface area contributed by atoms with Gasteiger partial charge < -0.3 is 14.2 Å². The second kappa shape index (κ2) is 9.56. The number of hydrogen-bond donors (Lipinski definition) is 0. The maximum atomic E-state index is 12.7. The summed E-state index contributed by atoms with van der Waals surface area (Å²) in [5, 5.41) is 0. The average molecular weight is 491 g/mol. The summed E-state index contributed by atoms with van der Waals surface area (Å²) >= 11 is 0. The van der Waals surface area contributed by atoms with E-state index in [1.54, 1.807) is 24.3 Å². The minimum Gasteiger partial charge on any atom is -0.497 e. The van der Waals surface area contributed by atoms with Crippen molar-refractivity contribution in [3.63, 3.8) is 0 Å². The maximum Gasteiger partial charge on any atom is 0.343 e. The van der Waals surface area contributed by atoms with Crippen LogP contribution in [0.2, 0.25) is 0 Å². The van der Waals surface area contributed by atoms with Gasteiger partial charge in [0, 0.05) is 5.56 Å². The number of ketones is 1. The van der Waals surface area contributed by atoms with Gasteiger partial charge >= 0.3 is 11.9 Å². The molecule has 2 aromatic rings. The van der Waals surface area contributed by atoms with Crippen LogP contribution in [0.15, 0.2) is 48.5 Å². The van der Waals surface area contributed by atoms with E-state index in [0.717, 1.165) is 24.2 Å². The summed E-state index contributed by atoms with van der Waals surface area (Å²) in [4.78, 5) is 63.5. The summed E-state index contributed by atoms with van der Waals surface area (Å²) < 4.78 is 15.5. The van der Waals surface area contributed by atoms with Crippen molar-refractivity contribution in [3.8, 4) is 11.5 Å². The van der Waals surface area contributed by atoms with E-state index in [4.69, 9.17) is 14.2 Å². The van der Waals surface area contributed by atoms with E-state index in [-0.39, 0.29) is 46.8 Å². The summed E-state index contributed by atoms with van der Waals surface area (Å²) in [5.41, 5.74) is 0.566. The van der Waals surface area contributed by atoms with E-state index in [1.165, 1.54) is 31.4 Å². The number of hydrogen-bond acceptors (Lipinski definition) is 8. The molecule has 0 N–H and O–H groups in total. The van der Waals surface area contributed by atoms with Crippen LogP contribution in [-0.4, -0.2) is 54.7 Å². The first-order valence-corrected chi connectivity index (χ1v) is 11.9. The van der Waals surface area contributed by atoms with Crippen molar-refractivity contribution >= 4 is 29.5 Å². The summed E-state index contributed by atoms with van der Waals surface area (Å²) in [6.07, 6.45) is 2.83. The lowest BCUT2D eigenvalue weighted by molar-refractivity contribution is -0.152. The number of nitrogens with zero attached hydrogens (tertiary/aromatic N) is 1. The van der Waals surface area contributed by atoms with Crippen LogP contribution in [0.1, 0.15) is 40.0 Å². The Morgan fingerprint density at radius 2 is 1.56 bits per heavy atom. The van der Waals surface area contributed by atoms with Crippen molar-refractivity contribution in [1.82, 2.24) is 4.90 Å². The Kier molecular flexibility index (Phi) is 6.30. The van der Waals surface area contributed by atoms with Crippen LogP contribution in [0.25, 0.3) is 0 Å². The Balaban J connectivity index is 1.12. The maximum absolute atomic E-state index is 12.7. The minimum atomic E-state index is -0.804. The topological polar surface area (TPSA) is 116 Å². The number of esters is 2. The number of Topliss-reactive ketones (excluding diaryl/α,β-unsaturated/α-hetero) is 1. The molecule has 1 saturated heterocycles. The van der Waals surface area contributed by atoms with Crippen LogP contribution in [0.3, 0.4) is 0 Å². The third kappa shape index (κ3) is 4.36. The van der Waals surface area contributed by atoms with E-state index in [1.807, 2.05) is 0 Å². The van der Waals surface area contributed by atoms with Gasteiger partial charge in [-0.1, -0.05) is 6.07 Å². The predicted molar refractivity (Wildman–Crippen MR) is 124 cm³/mol. The average Bonchev–Trinajstić information content (AvgIpc) is 3.58. The van der Waals surface area contributed by atoms with Gasteiger partial charge in [-0.25, -0.2) is 4.79 Å². The van der Waals surface area contributed by atoms with E-state index in [9.17, 15) is 24.0 Å². The molecule has 2 aliphatic carbocycles. The molecule has 1 aliphatic heterocycles. The number of benzene rings is 2. The summed E-state index contributed by atoms with van der Waals surface area (Å²) in [6, 6.07) is 12.3. The fraction of sp³-hybridized carbons (Fsp3) is 0.370. The highest BCUT2D eigenvalue weighted by molar-refractivity contribution is 6.08. The van der Waals surface area contributed by atoms with Crippen molar-refractivity contribution in [2.24, 2.45) is 23.7 Å². The quantitative estimate of drug-likeness (QED) is 0.240. The van der Waals surface area contributed by atoms with Crippen LogP contribution >= 0.6 is 0 Å². The van der Waals surface area contributed by atoms with Gasteiger partial charge in [0.1, 0.15) is 18.0 Å². The smallest absolute Gasteiger partial charge is 0.343 e. The van der Waals surface area contributed by atoms with Crippen LogP contribution < -0.4 is 9.47 Å². The Labute approximate surface area is 207 Å². The molecule has 0 aromatic heterocycles. The van der Waals surface area contributed by atoms with Gasteiger partial charge in [0.25, 0.3) is 0 Å². The van der Waals surface area contributed by atoms with Crippen molar-refractivity contribution < 1.29 is 38.2 Å². The molecule has 9 heteroatoms. The van der Waals surface area contributed by atoms with Crippen LogP contribution in [-0.2, 0) is 19.1 Å². The number of rotatable bonds is 8.